The van der Waals surface area contributed by atoms with E-state index in [-0.39, 0.29) is 11.6 Å². The molecular formula is C17H23NO. The van der Waals surface area contributed by atoms with Gasteiger partial charge in [-0.1, -0.05) is 38.0 Å². The summed E-state index contributed by atoms with van der Waals surface area (Å²) in [5.41, 5.74) is 2.59. The van der Waals surface area contributed by atoms with Gasteiger partial charge < -0.3 is 10.1 Å². The molecule has 0 spiro atoms. The summed E-state index contributed by atoms with van der Waals surface area (Å²) >= 11 is 0. The molecule has 2 nitrogen and oxygen atoms in total. The smallest absolute Gasteiger partial charge is 0.128 e. The number of ether oxygens (including phenoxy) is 1. The van der Waals surface area contributed by atoms with Crippen LogP contribution >= 0.6 is 0 Å². The summed E-state index contributed by atoms with van der Waals surface area (Å²) in [6.07, 6.45) is 8.40. The monoisotopic (exact) mass is 257 g/mol. The molecule has 1 aromatic carbocycles. The van der Waals surface area contributed by atoms with Gasteiger partial charge in [-0.2, -0.15) is 0 Å². The highest BCUT2D eigenvalue weighted by Crippen LogP contribution is 2.45. The number of benzene rings is 1. The van der Waals surface area contributed by atoms with Gasteiger partial charge in [0.05, 0.1) is 11.3 Å². The highest BCUT2D eigenvalue weighted by Gasteiger charge is 2.38. The lowest BCUT2D eigenvalue weighted by Crippen LogP contribution is -2.42. The van der Waals surface area contributed by atoms with Crippen LogP contribution in [0.3, 0.4) is 0 Å². The molecule has 0 aliphatic carbocycles. The topological polar surface area (TPSA) is 21.3 Å². The first-order chi connectivity index (χ1) is 9.20. The fourth-order valence-electron chi connectivity index (χ4n) is 3.20. The van der Waals surface area contributed by atoms with E-state index in [2.05, 4.69) is 49.5 Å². The summed E-state index contributed by atoms with van der Waals surface area (Å²) in [7, 11) is 0. The molecule has 0 saturated heterocycles. The third-order valence-electron chi connectivity index (χ3n) is 4.14. The minimum atomic E-state index is 0.0544. The molecule has 2 heterocycles. The van der Waals surface area contributed by atoms with Crippen LogP contribution in [0.25, 0.3) is 0 Å². The van der Waals surface area contributed by atoms with Crippen LogP contribution in [0.5, 0.6) is 0 Å². The Labute approximate surface area is 115 Å². The van der Waals surface area contributed by atoms with E-state index in [1.165, 1.54) is 36.3 Å². The quantitative estimate of drug-likeness (QED) is 0.782. The molecule has 2 aliphatic rings. The van der Waals surface area contributed by atoms with Gasteiger partial charge in [0, 0.05) is 24.1 Å². The Morgan fingerprint density at radius 1 is 1.32 bits per heavy atom. The van der Waals surface area contributed by atoms with Gasteiger partial charge >= 0.3 is 0 Å². The minimum absolute atomic E-state index is 0.0544. The van der Waals surface area contributed by atoms with Crippen molar-refractivity contribution < 1.29 is 4.74 Å². The Balaban J connectivity index is 1.82. The first kappa shape index (κ1) is 12.6. The molecule has 102 valence electrons. The zero-order chi connectivity index (χ0) is 13.3. The van der Waals surface area contributed by atoms with Crippen molar-refractivity contribution in [3.8, 4) is 0 Å². The van der Waals surface area contributed by atoms with Gasteiger partial charge in [0.2, 0.25) is 0 Å². The Morgan fingerprint density at radius 2 is 2.16 bits per heavy atom. The summed E-state index contributed by atoms with van der Waals surface area (Å²) in [6.45, 7) is 4.52. The van der Waals surface area contributed by atoms with Crippen molar-refractivity contribution in [2.24, 2.45) is 0 Å². The zero-order valence-electron chi connectivity index (χ0n) is 11.9. The molecule has 0 fully saturated rings. The van der Waals surface area contributed by atoms with Crippen molar-refractivity contribution >= 4 is 5.69 Å². The van der Waals surface area contributed by atoms with Crippen LogP contribution in [0.1, 0.15) is 57.6 Å². The van der Waals surface area contributed by atoms with E-state index in [1.54, 1.807) is 0 Å². The third kappa shape index (κ3) is 2.49. The number of anilines is 1. The normalized spacial score (nSPS) is 27.9. The molecule has 0 aromatic heterocycles. The van der Waals surface area contributed by atoms with Crippen molar-refractivity contribution in [1.29, 1.82) is 0 Å². The third-order valence-corrected chi connectivity index (χ3v) is 4.14. The number of unbranched alkanes of at least 4 members (excludes halogenated alkanes) is 2. The molecule has 2 unspecified atom stereocenters. The van der Waals surface area contributed by atoms with Crippen LogP contribution in [0.2, 0.25) is 0 Å². The van der Waals surface area contributed by atoms with E-state index >= 15 is 0 Å². The number of hydrogen-bond acceptors (Lipinski definition) is 2. The number of para-hydroxylation sites is 1. The van der Waals surface area contributed by atoms with Crippen molar-refractivity contribution in [3.63, 3.8) is 0 Å². The first-order valence-corrected chi connectivity index (χ1v) is 7.46. The first-order valence-electron chi connectivity index (χ1n) is 7.46. The number of hydrogen-bond donors (Lipinski definition) is 1. The van der Waals surface area contributed by atoms with E-state index in [4.69, 9.17) is 4.74 Å². The van der Waals surface area contributed by atoms with Crippen LogP contribution < -0.4 is 5.32 Å². The molecule has 2 heteroatoms. The maximum atomic E-state index is 6.22. The van der Waals surface area contributed by atoms with Crippen molar-refractivity contribution in [2.75, 3.05) is 5.32 Å². The molecule has 1 N–H and O–H groups in total. The average molecular weight is 257 g/mol. The molecule has 0 radical (unpaired) electrons. The number of allylic oxidation sites excluding steroid dienone is 1. The second kappa shape index (κ2) is 4.92. The Kier molecular flexibility index (Phi) is 3.26. The molecular weight excluding hydrogens is 234 g/mol. The lowest BCUT2D eigenvalue weighted by Gasteiger charge is -2.43. The zero-order valence-corrected chi connectivity index (χ0v) is 11.9. The van der Waals surface area contributed by atoms with E-state index in [9.17, 15) is 0 Å². The fourth-order valence-corrected chi connectivity index (χ4v) is 3.20. The van der Waals surface area contributed by atoms with Crippen molar-refractivity contribution in [2.45, 2.75) is 57.6 Å². The average Bonchev–Trinajstić information content (AvgIpc) is 2.38. The summed E-state index contributed by atoms with van der Waals surface area (Å²) in [5, 5.41) is 3.67. The van der Waals surface area contributed by atoms with Crippen LogP contribution in [0.15, 0.2) is 36.1 Å². The summed E-state index contributed by atoms with van der Waals surface area (Å²) in [5.74, 6) is 1.18. The van der Waals surface area contributed by atoms with E-state index in [0.29, 0.717) is 0 Å². The summed E-state index contributed by atoms with van der Waals surface area (Å²) in [6, 6.07) is 8.52. The molecule has 0 amide bonds. The van der Waals surface area contributed by atoms with Gasteiger partial charge in [0.15, 0.2) is 0 Å². The van der Waals surface area contributed by atoms with Gasteiger partial charge in [0.25, 0.3) is 0 Å². The molecule has 1 aromatic rings. The molecule has 2 bridgehead atoms. The number of rotatable bonds is 4. The van der Waals surface area contributed by atoms with Gasteiger partial charge in [-0.15, -0.1) is 0 Å². The van der Waals surface area contributed by atoms with Crippen molar-refractivity contribution in [1.82, 2.24) is 0 Å². The van der Waals surface area contributed by atoms with Gasteiger partial charge in [0.1, 0.15) is 6.10 Å². The molecule has 2 atom stereocenters. The molecule has 3 rings (SSSR count). The largest absolute Gasteiger partial charge is 0.490 e. The second-order valence-electron chi connectivity index (χ2n) is 6.01. The second-order valence-corrected chi connectivity index (χ2v) is 6.01. The predicted octanol–water partition coefficient (Wildman–Crippen LogP) is 4.80. The van der Waals surface area contributed by atoms with Gasteiger partial charge in [-0.25, -0.2) is 0 Å². The van der Waals surface area contributed by atoms with Crippen LogP contribution in [0, 0.1) is 0 Å². The maximum absolute atomic E-state index is 6.22. The summed E-state index contributed by atoms with van der Waals surface area (Å²) in [4.78, 5) is 0. The van der Waals surface area contributed by atoms with Gasteiger partial charge in [-0.05, 0) is 25.5 Å². The minimum Gasteiger partial charge on any atom is -0.490 e. The van der Waals surface area contributed by atoms with Crippen molar-refractivity contribution in [3.05, 3.63) is 41.7 Å². The SMILES string of the molecule is CCCCCC1=CC2(C)CC(O1)c1ccccc1N2. The standard InChI is InChI=1S/C17H23NO/c1-3-4-5-8-13-11-17(2)12-16(19-13)14-9-6-7-10-15(14)18-17/h6-7,9-11,16,18H,3-5,8,12H2,1-2H3. The lowest BCUT2D eigenvalue weighted by atomic mass is 9.83. The van der Waals surface area contributed by atoms with Crippen LogP contribution in [-0.4, -0.2) is 5.54 Å². The summed E-state index contributed by atoms with van der Waals surface area (Å²) < 4.78 is 6.22. The fraction of sp³-hybridized carbons (Fsp3) is 0.529. The molecule has 0 saturated carbocycles. The highest BCUT2D eigenvalue weighted by molar-refractivity contribution is 5.58. The van der Waals surface area contributed by atoms with E-state index < -0.39 is 0 Å². The Bertz CT molecular complexity index is 494. The Hall–Kier alpha value is -1.44. The number of fused-ring (bicyclic) bond motifs is 4. The van der Waals surface area contributed by atoms with Gasteiger partial charge in [-0.3, -0.25) is 0 Å². The highest BCUT2D eigenvalue weighted by atomic mass is 16.5. The predicted molar refractivity (Wildman–Crippen MR) is 79.1 cm³/mol. The van der Waals surface area contributed by atoms with E-state index in [1.807, 2.05) is 0 Å². The number of nitrogens with one attached hydrogen (secondary N) is 1. The Morgan fingerprint density at radius 3 is 3.00 bits per heavy atom. The molecule has 19 heavy (non-hydrogen) atoms. The molecule has 2 aliphatic heterocycles. The van der Waals surface area contributed by atoms with Crippen LogP contribution in [-0.2, 0) is 4.74 Å². The maximum Gasteiger partial charge on any atom is 0.128 e. The van der Waals surface area contributed by atoms with E-state index in [0.717, 1.165) is 12.8 Å². The lowest BCUT2D eigenvalue weighted by molar-refractivity contribution is 0.0667. The van der Waals surface area contributed by atoms with Crippen LogP contribution in [0.4, 0.5) is 5.69 Å².